The van der Waals surface area contributed by atoms with E-state index in [1.165, 1.54) is 0 Å². The van der Waals surface area contributed by atoms with E-state index in [-0.39, 0.29) is 11.6 Å². The molecule has 1 unspecified atom stereocenters. The molecule has 0 aliphatic rings. The maximum atomic E-state index is 11.6. The first-order chi connectivity index (χ1) is 7.78. The summed E-state index contributed by atoms with van der Waals surface area (Å²) >= 11 is 0. The minimum Gasteiger partial charge on any atom is -0.389 e. The van der Waals surface area contributed by atoms with Gasteiger partial charge in [-0.25, -0.2) is 4.79 Å². The highest BCUT2D eigenvalue weighted by molar-refractivity contribution is 5.89. The highest BCUT2D eigenvalue weighted by Crippen LogP contribution is 2.15. The SMILES string of the molecule is CC(O)c1ccc(NC(=O)NC(C)(C)C)cc1. The molecule has 0 saturated heterocycles. The zero-order valence-corrected chi connectivity index (χ0v) is 10.7. The van der Waals surface area contributed by atoms with E-state index >= 15 is 0 Å². The van der Waals surface area contributed by atoms with Gasteiger partial charge in [0, 0.05) is 11.2 Å². The molecule has 1 atom stereocenters. The average molecular weight is 236 g/mol. The average Bonchev–Trinajstić information content (AvgIpc) is 2.15. The third-order valence-corrected chi connectivity index (χ3v) is 2.14. The molecule has 0 bridgehead atoms. The second-order valence-electron chi connectivity index (χ2n) is 5.13. The molecule has 1 aromatic carbocycles. The van der Waals surface area contributed by atoms with Crippen molar-refractivity contribution in [2.24, 2.45) is 0 Å². The topological polar surface area (TPSA) is 61.4 Å². The Morgan fingerprint density at radius 3 is 2.18 bits per heavy atom. The monoisotopic (exact) mass is 236 g/mol. The number of anilines is 1. The van der Waals surface area contributed by atoms with Crippen LogP contribution in [0.25, 0.3) is 0 Å². The van der Waals surface area contributed by atoms with Gasteiger partial charge in [0.1, 0.15) is 0 Å². The van der Waals surface area contributed by atoms with Crippen LogP contribution in [-0.2, 0) is 0 Å². The van der Waals surface area contributed by atoms with Crippen LogP contribution in [0.1, 0.15) is 39.4 Å². The van der Waals surface area contributed by atoms with Crippen LogP contribution in [0.4, 0.5) is 10.5 Å². The first-order valence-corrected chi connectivity index (χ1v) is 5.65. The third-order valence-electron chi connectivity index (χ3n) is 2.14. The van der Waals surface area contributed by atoms with Crippen molar-refractivity contribution in [1.29, 1.82) is 0 Å². The quantitative estimate of drug-likeness (QED) is 0.739. The summed E-state index contributed by atoms with van der Waals surface area (Å²) in [5, 5.41) is 14.9. The number of urea groups is 1. The Hall–Kier alpha value is -1.55. The summed E-state index contributed by atoms with van der Waals surface area (Å²) in [5.74, 6) is 0. The number of benzene rings is 1. The Balaban J connectivity index is 2.61. The van der Waals surface area contributed by atoms with Gasteiger partial charge in [-0.05, 0) is 45.4 Å². The largest absolute Gasteiger partial charge is 0.389 e. The van der Waals surface area contributed by atoms with Gasteiger partial charge in [0.2, 0.25) is 0 Å². The summed E-state index contributed by atoms with van der Waals surface area (Å²) in [7, 11) is 0. The highest BCUT2D eigenvalue weighted by Gasteiger charge is 2.13. The van der Waals surface area contributed by atoms with E-state index in [9.17, 15) is 9.90 Å². The number of hydrogen-bond acceptors (Lipinski definition) is 2. The zero-order chi connectivity index (χ0) is 13.1. The second kappa shape index (κ2) is 5.19. The van der Waals surface area contributed by atoms with Gasteiger partial charge in [0.05, 0.1) is 6.10 Å². The van der Waals surface area contributed by atoms with Crippen LogP contribution in [0.5, 0.6) is 0 Å². The van der Waals surface area contributed by atoms with Gasteiger partial charge in [-0.15, -0.1) is 0 Å². The molecule has 2 amide bonds. The van der Waals surface area contributed by atoms with Crippen LogP contribution in [0.3, 0.4) is 0 Å². The maximum absolute atomic E-state index is 11.6. The minimum absolute atomic E-state index is 0.234. The fraction of sp³-hybridized carbons (Fsp3) is 0.462. The summed E-state index contributed by atoms with van der Waals surface area (Å²) in [6, 6.07) is 6.88. The maximum Gasteiger partial charge on any atom is 0.319 e. The molecule has 0 spiro atoms. The molecule has 0 fully saturated rings. The lowest BCUT2D eigenvalue weighted by molar-refractivity contribution is 0.199. The number of hydrogen-bond donors (Lipinski definition) is 3. The van der Waals surface area contributed by atoms with Gasteiger partial charge in [-0.2, -0.15) is 0 Å². The summed E-state index contributed by atoms with van der Waals surface area (Å²) in [4.78, 5) is 11.6. The van der Waals surface area contributed by atoms with Crippen molar-refractivity contribution in [2.45, 2.75) is 39.3 Å². The number of aliphatic hydroxyl groups is 1. The van der Waals surface area contributed by atoms with Gasteiger partial charge in [-0.1, -0.05) is 12.1 Å². The number of rotatable bonds is 2. The van der Waals surface area contributed by atoms with Crippen LogP contribution < -0.4 is 10.6 Å². The number of amides is 2. The Bertz CT molecular complexity index is 377. The van der Waals surface area contributed by atoms with Gasteiger partial charge < -0.3 is 15.7 Å². The first kappa shape index (κ1) is 13.5. The molecular weight excluding hydrogens is 216 g/mol. The molecule has 17 heavy (non-hydrogen) atoms. The molecule has 0 aliphatic carbocycles. The number of carbonyl (C=O) groups is 1. The zero-order valence-electron chi connectivity index (χ0n) is 10.7. The molecular formula is C13H20N2O2. The van der Waals surface area contributed by atoms with Crippen LogP contribution in [-0.4, -0.2) is 16.7 Å². The van der Waals surface area contributed by atoms with E-state index < -0.39 is 6.10 Å². The molecule has 1 aromatic rings. The third kappa shape index (κ3) is 4.87. The molecule has 0 aliphatic heterocycles. The van der Waals surface area contributed by atoms with Crippen LogP contribution in [0, 0.1) is 0 Å². The molecule has 94 valence electrons. The summed E-state index contributed by atoms with van der Waals surface area (Å²) in [5.41, 5.74) is 1.27. The van der Waals surface area contributed by atoms with Crippen molar-refractivity contribution in [2.75, 3.05) is 5.32 Å². The predicted molar refractivity (Wildman–Crippen MR) is 69.0 cm³/mol. The van der Waals surface area contributed by atoms with Crippen molar-refractivity contribution in [1.82, 2.24) is 5.32 Å². The number of aliphatic hydroxyl groups excluding tert-OH is 1. The van der Waals surface area contributed by atoms with Crippen LogP contribution >= 0.6 is 0 Å². The van der Waals surface area contributed by atoms with E-state index in [1.54, 1.807) is 31.2 Å². The van der Waals surface area contributed by atoms with Crippen LogP contribution in [0.15, 0.2) is 24.3 Å². The lowest BCUT2D eigenvalue weighted by Crippen LogP contribution is -2.43. The van der Waals surface area contributed by atoms with Gasteiger partial charge in [-0.3, -0.25) is 0 Å². The van der Waals surface area contributed by atoms with Gasteiger partial charge in [0.15, 0.2) is 0 Å². The summed E-state index contributed by atoms with van der Waals surface area (Å²) in [6.45, 7) is 7.46. The van der Waals surface area contributed by atoms with Crippen molar-refractivity contribution in [3.05, 3.63) is 29.8 Å². The molecule has 1 rings (SSSR count). The fourth-order valence-corrected chi connectivity index (χ4v) is 1.35. The molecule has 3 N–H and O–H groups in total. The van der Waals surface area contributed by atoms with E-state index in [0.29, 0.717) is 5.69 Å². The first-order valence-electron chi connectivity index (χ1n) is 5.65. The highest BCUT2D eigenvalue weighted by atomic mass is 16.3. The fourth-order valence-electron chi connectivity index (χ4n) is 1.35. The lowest BCUT2D eigenvalue weighted by Gasteiger charge is -2.20. The standard InChI is InChI=1S/C13H20N2O2/c1-9(16)10-5-7-11(8-6-10)14-12(17)15-13(2,3)4/h5-9,16H,1-4H3,(H2,14,15,17). The van der Waals surface area contributed by atoms with Crippen molar-refractivity contribution >= 4 is 11.7 Å². The Morgan fingerprint density at radius 1 is 1.24 bits per heavy atom. The molecule has 0 saturated carbocycles. The molecule has 0 aromatic heterocycles. The van der Waals surface area contributed by atoms with Crippen molar-refractivity contribution < 1.29 is 9.90 Å². The molecule has 4 heteroatoms. The van der Waals surface area contributed by atoms with E-state index in [1.807, 2.05) is 20.8 Å². The predicted octanol–water partition coefficient (Wildman–Crippen LogP) is 2.66. The van der Waals surface area contributed by atoms with E-state index in [0.717, 1.165) is 5.56 Å². The Morgan fingerprint density at radius 2 is 1.76 bits per heavy atom. The Labute approximate surface area is 102 Å². The van der Waals surface area contributed by atoms with E-state index in [2.05, 4.69) is 10.6 Å². The van der Waals surface area contributed by atoms with Crippen molar-refractivity contribution in [3.8, 4) is 0 Å². The Kier molecular flexibility index (Phi) is 4.12. The summed E-state index contributed by atoms with van der Waals surface area (Å²) < 4.78 is 0. The normalized spacial score (nSPS) is 13.0. The lowest BCUT2D eigenvalue weighted by atomic mass is 10.1. The number of carbonyl (C=O) groups excluding carboxylic acids is 1. The van der Waals surface area contributed by atoms with Gasteiger partial charge >= 0.3 is 6.03 Å². The van der Waals surface area contributed by atoms with E-state index in [4.69, 9.17) is 0 Å². The molecule has 4 nitrogen and oxygen atoms in total. The second-order valence-corrected chi connectivity index (χ2v) is 5.13. The molecule has 0 radical (unpaired) electrons. The summed E-state index contributed by atoms with van der Waals surface area (Å²) in [6.07, 6.45) is -0.493. The smallest absolute Gasteiger partial charge is 0.319 e. The minimum atomic E-state index is -0.493. The molecule has 0 heterocycles. The van der Waals surface area contributed by atoms with Gasteiger partial charge in [0.25, 0.3) is 0 Å². The van der Waals surface area contributed by atoms with Crippen molar-refractivity contribution in [3.63, 3.8) is 0 Å². The van der Waals surface area contributed by atoms with Crippen LogP contribution in [0.2, 0.25) is 0 Å². The number of nitrogens with one attached hydrogen (secondary N) is 2.